The van der Waals surface area contributed by atoms with Crippen molar-refractivity contribution in [3.8, 4) is 0 Å². The number of rotatable bonds is 4. The van der Waals surface area contributed by atoms with E-state index in [1.165, 1.54) is 50.5 Å². The van der Waals surface area contributed by atoms with Crippen molar-refractivity contribution in [1.82, 2.24) is 5.32 Å². The highest BCUT2D eigenvalue weighted by Gasteiger charge is 2.26. The summed E-state index contributed by atoms with van der Waals surface area (Å²) in [6.45, 7) is 4.19. The number of hydrogen-bond acceptors (Lipinski definition) is 2. The Kier molecular flexibility index (Phi) is 4.70. The Morgan fingerprint density at radius 3 is 2.75 bits per heavy atom. The van der Waals surface area contributed by atoms with Gasteiger partial charge in [-0.15, -0.1) is 0 Å². The van der Waals surface area contributed by atoms with Gasteiger partial charge < -0.3 is 10.1 Å². The molecule has 0 amide bonds. The third-order valence-corrected chi connectivity index (χ3v) is 3.91. The predicted octanol–water partition coefficient (Wildman–Crippen LogP) is 3.24. The zero-order valence-corrected chi connectivity index (χ0v) is 10.5. The predicted molar refractivity (Wildman–Crippen MR) is 67.3 cm³/mol. The molecule has 1 atom stereocenters. The molecule has 1 saturated carbocycles. The van der Waals surface area contributed by atoms with Crippen molar-refractivity contribution in [2.45, 2.75) is 57.9 Å². The van der Waals surface area contributed by atoms with Crippen molar-refractivity contribution in [2.24, 2.45) is 5.92 Å². The van der Waals surface area contributed by atoms with Crippen LogP contribution in [0.4, 0.5) is 0 Å². The lowest BCUT2D eigenvalue weighted by molar-refractivity contribution is 0.207. The van der Waals surface area contributed by atoms with Crippen molar-refractivity contribution < 1.29 is 4.74 Å². The molecule has 2 rings (SSSR count). The van der Waals surface area contributed by atoms with Gasteiger partial charge in [0.15, 0.2) is 0 Å². The number of likely N-dealkylation sites (N-methyl/N-ethyl adjacent to an activating group) is 1. The van der Waals surface area contributed by atoms with Crippen LogP contribution in [0.3, 0.4) is 0 Å². The standard InChI is InChI=1S/C14H25NO/c1-2-15-14(12-7-4-3-5-8-12)13-9-6-10-16-11-13/h11-12,14-15H,2-10H2,1H3. The molecule has 2 nitrogen and oxygen atoms in total. The first-order valence-electron chi connectivity index (χ1n) is 6.95. The molecule has 0 aromatic rings. The lowest BCUT2D eigenvalue weighted by Gasteiger charge is -2.33. The van der Waals surface area contributed by atoms with Gasteiger partial charge in [-0.1, -0.05) is 26.2 Å². The van der Waals surface area contributed by atoms with E-state index >= 15 is 0 Å². The van der Waals surface area contributed by atoms with Gasteiger partial charge >= 0.3 is 0 Å². The number of ether oxygens (including phenoxy) is 1. The molecule has 0 bridgehead atoms. The topological polar surface area (TPSA) is 21.3 Å². The number of nitrogens with one attached hydrogen (secondary N) is 1. The van der Waals surface area contributed by atoms with Crippen LogP contribution in [0.15, 0.2) is 11.8 Å². The third-order valence-electron chi connectivity index (χ3n) is 3.91. The average Bonchev–Trinajstić information content (AvgIpc) is 2.38. The molecule has 1 heterocycles. The van der Waals surface area contributed by atoms with E-state index < -0.39 is 0 Å². The summed E-state index contributed by atoms with van der Waals surface area (Å²) in [5.74, 6) is 0.849. The molecule has 1 aliphatic carbocycles. The molecule has 0 spiro atoms. The SMILES string of the molecule is CCNC(C1=COCCC1)C1CCCCC1. The monoisotopic (exact) mass is 223 g/mol. The maximum Gasteiger partial charge on any atom is 0.0876 e. The quantitative estimate of drug-likeness (QED) is 0.790. The van der Waals surface area contributed by atoms with Gasteiger partial charge in [-0.2, -0.15) is 0 Å². The molecule has 0 saturated heterocycles. The second kappa shape index (κ2) is 6.29. The van der Waals surface area contributed by atoms with Crippen LogP contribution in [-0.4, -0.2) is 19.2 Å². The van der Waals surface area contributed by atoms with Gasteiger partial charge in [-0.05, 0) is 43.7 Å². The fourth-order valence-electron chi connectivity index (χ4n) is 3.10. The molecule has 0 aromatic carbocycles. The van der Waals surface area contributed by atoms with Crippen molar-refractivity contribution in [3.05, 3.63) is 11.8 Å². The fourth-order valence-corrected chi connectivity index (χ4v) is 3.10. The molecular weight excluding hydrogens is 198 g/mol. The molecule has 1 unspecified atom stereocenters. The molecule has 2 heteroatoms. The summed E-state index contributed by atoms with van der Waals surface area (Å²) in [6, 6.07) is 0.589. The van der Waals surface area contributed by atoms with E-state index in [0.29, 0.717) is 6.04 Å². The second-order valence-electron chi connectivity index (χ2n) is 5.10. The Labute approximate surface area is 99.4 Å². The minimum atomic E-state index is 0.589. The van der Waals surface area contributed by atoms with E-state index in [2.05, 4.69) is 12.2 Å². The lowest BCUT2D eigenvalue weighted by atomic mass is 9.80. The molecule has 0 radical (unpaired) electrons. The van der Waals surface area contributed by atoms with Crippen LogP contribution in [0.5, 0.6) is 0 Å². The highest BCUT2D eigenvalue weighted by Crippen LogP contribution is 2.31. The summed E-state index contributed by atoms with van der Waals surface area (Å²) >= 11 is 0. The van der Waals surface area contributed by atoms with E-state index in [0.717, 1.165) is 19.1 Å². The molecular formula is C14H25NO. The minimum Gasteiger partial charge on any atom is -0.501 e. The van der Waals surface area contributed by atoms with Crippen LogP contribution in [0.1, 0.15) is 51.9 Å². The summed E-state index contributed by atoms with van der Waals surface area (Å²) in [5.41, 5.74) is 1.51. The summed E-state index contributed by atoms with van der Waals surface area (Å²) in [7, 11) is 0. The molecule has 16 heavy (non-hydrogen) atoms. The Morgan fingerprint density at radius 2 is 2.12 bits per heavy atom. The van der Waals surface area contributed by atoms with Gasteiger partial charge in [0.25, 0.3) is 0 Å². The number of hydrogen-bond donors (Lipinski definition) is 1. The van der Waals surface area contributed by atoms with Crippen LogP contribution in [0.25, 0.3) is 0 Å². The first kappa shape index (κ1) is 12.0. The third kappa shape index (κ3) is 3.00. The molecule has 1 N–H and O–H groups in total. The Hall–Kier alpha value is -0.500. The van der Waals surface area contributed by atoms with Crippen LogP contribution >= 0.6 is 0 Å². The Balaban J connectivity index is 1.99. The van der Waals surface area contributed by atoms with Crippen LogP contribution in [0.2, 0.25) is 0 Å². The smallest absolute Gasteiger partial charge is 0.0876 e. The maximum absolute atomic E-state index is 5.50. The molecule has 0 aromatic heterocycles. The molecule has 2 aliphatic rings. The van der Waals surface area contributed by atoms with Crippen molar-refractivity contribution in [3.63, 3.8) is 0 Å². The largest absolute Gasteiger partial charge is 0.501 e. The summed E-state index contributed by atoms with van der Waals surface area (Å²) in [5, 5.41) is 3.67. The lowest BCUT2D eigenvalue weighted by Crippen LogP contribution is -2.39. The minimum absolute atomic E-state index is 0.589. The first-order valence-corrected chi connectivity index (χ1v) is 6.95. The summed E-state index contributed by atoms with van der Waals surface area (Å²) < 4.78 is 5.50. The highest BCUT2D eigenvalue weighted by molar-refractivity contribution is 5.12. The maximum atomic E-state index is 5.50. The van der Waals surface area contributed by atoms with E-state index in [9.17, 15) is 0 Å². The second-order valence-corrected chi connectivity index (χ2v) is 5.10. The zero-order valence-electron chi connectivity index (χ0n) is 10.5. The first-order chi connectivity index (χ1) is 7.92. The van der Waals surface area contributed by atoms with Crippen molar-refractivity contribution in [1.29, 1.82) is 0 Å². The van der Waals surface area contributed by atoms with E-state index in [4.69, 9.17) is 4.74 Å². The van der Waals surface area contributed by atoms with Crippen LogP contribution in [0, 0.1) is 5.92 Å². The van der Waals surface area contributed by atoms with E-state index in [-0.39, 0.29) is 0 Å². The fraction of sp³-hybridized carbons (Fsp3) is 0.857. The van der Waals surface area contributed by atoms with E-state index in [1.54, 1.807) is 0 Å². The Bertz CT molecular complexity index is 231. The van der Waals surface area contributed by atoms with Gasteiger partial charge in [0.2, 0.25) is 0 Å². The van der Waals surface area contributed by atoms with Gasteiger partial charge in [-0.3, -0.25) is 0 Å². The molecule has 1 fully saturated rings. The zero-order chi connectivity index (χ0) is 11.2. The van der Waals surface area contributed by atoms with Crippen LogP contribution < -0.4 is 5.32 Å². The average molecular weight is 223 g/mol. The van der Waals surface area contributed by atoms with Gasteiger partial charge in [-0.25, -0.2) is 0 Å². The van der Waals surface area contributed by atoms with Gasteiger partial charge in [0, 0.05) is 6.04 Å². The van der Waals surface area contributed by atoms with Crippen LogP contribution in [-0.2, 0) is 4.74 Å². The summed E-state index contributed by atoms with van der Waals surface area (Å²) in [6.07, 6.45) is 11.5. The van der Waals surface area contributed by atoms with Crippen molar-refractivity contribution >= 4 is 0 Å². The van der Waals surface area contributed by atoms with Gasteiger partial charge in [0.1, 0.15) is 0 Å². The summed E-state index contributed by atoms with van der Waals surface area (Å²) in [4.78, 5) is 0. The van der Waals surface area contributed by atoms with E-state index in [1.807, 2.05) is 6.26 Å². The molecule has 1 aliphatic heterocycles. The highest BCUT2D eigenvalue weighted by atomic mass is 16.5. The molecule has 92 valence electrons. The van der Waals surface area contributed by atoms with Crippen molar-refractivity contribution in [2.75, 3.05) is 13.2 Å². The normalized spacial score (nSPS) is 24.7. The van der Waals surface area contributed by atoms with Gasteiger partial charge in [0.05, 0.1) is 12.9 Å². The Morgan fingerprint density at radius 1 is 1.31 bits per heavy atom.